The molecule has 1 heterocycles. The average Bonchev–Trinajstić information content (AvgIpc) is 2.84. The third-order valence-electron chi connectivity index (χ3n) is 4.10. The van der Waals surface area contributed by atoms with Crippen LogP contribution in [0.25, 0.3) is 0 Å². The first-order chi connectivity index (χ1) is 11.3. The predicted octanol–water partition coefficient (Wildman–Crippen LogP) is 3.96. The maximum Gasteiger partial charge on any atom is 0.377 e. The van der Waals surface area contributed by atoms with Crippen LogP contribution in [-0.4, -0.2) is 41.4 Å². The highest BCUT2D eigenvalue weighted by molar-refractivity contribution is 9.11. The number of carboxylic acids is 1. The molecule has 1 aromatic rings. The van der Waals surface area contributed by atoms with E-state index in [1.54, 1.807) is 0 Å². The van der Waals surface area contributed by atoms with Crippen molar-refractivity contribution in [3.8, 4) is 0 Å². The van der Waals surface area contributed by atoms with Crippen LogP contribution in [-0.2, 0) is 15.6 Å². The summed E-state index contributed by atoms with van der Waals surface area (Å²) in [6, 6.07) is 0. The Bertz CT molecular complexity index is 660. The summed E-state index contributed by atoms with van der Waals surface area (Å²) in [5, 5.41) is 12.1. The molecular formula is C16H25BrN2O5Si. The summed E-state index contributed by atoms with van der Waals surface area (Å²) >= 11 is 3.39. The molecule has 9 heteroatoms. The number of carbonyl (C=O) groups is 2. The first-order valence-corrected chi connectivity index (χ1v) is 11.6. The van der Waals surface area contributed by atoms with Gasteiger partial charge in [-0.1, -0.05) is 36.7 Å². The van der Waals surface area contributed by atoms with Crippen LogP contribution in [0.15, 0.2) is 15.1 Å². The Hall–Kier alpha value is -1.32. The molecule has 0 fully saturated rings. The number of aromatic carboxylic acids is 1. The van der Waals surface area contributed by atoms with Crippen molar-refractivity contribution >= 4 is 36.0 Å². The number of hydrogen-bond acceptors (Lipinski definition) is 6. The summed E-state index contributed by atoms with van der Waals surface area (Å²) in [4.78, 5) is 26.8. The van der Waals surface area contributed by atoms with Gasteiger partial charge in [-0.05, 0) is 40.8 Å². The summed E-state index contributed by atoms with van der Waals surface area (Å²) in [5.41, 5.74) is 0. The maximum absolute atomic E-state index is 12.3. The van der Waals surface area contributed by atoms with Crippen molar-refractivity contribution in [3.63, 3.8) is 0 Å². The lowest BCUT2D eigenvalue weighted by molar-refractivity contribution is -0.120. The molecule has 0 saturated carbocycles. The molecule has 0 radical (unpaired) electrons. The van der Waals surface area contributed by atoms with Gasteiger partial charge in [0.1, 0.15) is 5.78 Å². The summed E-state index contributed by atoms with van der Waals surface area (Å²) in [6.07, 6.45) is 1.54. The van der Waals surface area contributed by atoms with Crippen molar-refractivity contribution in [1.29, 1.82) is 0 Å². The van der Waals surface area contributed by atoms with Crippen molar-refractivity contribution in [1.82, 2.24) is 10.1 Å². The highest BCUT2D eigenvalue weighted by atomic mass is 79.9. The van der Waals surface area contributed by atoms with Gasteiger partial charge in [-0.2, -0.15) is 4.98 Å². The minimum atomic E-state index is -2.05. The fourth-order valence-electron chi connectivity index (χ4n) is 1.82. The Kier molecular flexibility index (Phi) is 7.27. The number of ketones is 1. The number of carbonyl (C=O) groups excluding carboxylic acids is 1. The number of nitrogens with zero attached hydrogens (tertiary/aromatic N) is 2. The Morgan fingerprint density at radius 1 is 1.40 bits per heavy atom. The molecule has 1 rings (SSSR count). The largest absolute Gasteiger partial charge is 0.475 e. The van der Waals surface area contributed by atoms with E-state index in [-0.39, 0.29) is 35.7 Å². The van der Waals surface area contributed by atoms with E-state index in [4.69, 9.17) is 14.1 Å². The molecule has 1 N–H and O–H groups in total. The molecule has 1 atom stereocenters. The van der Waals surface area contributed by atoms with E-state index in [0.29, 0.717) is 0 Å². The Balaban J connectivity index is 2.82. The first-order valence-electron chi connectivity index (χ1n) is 7.91. The standard InChI is InChI=1S/C16H25BrN2O5Si/c1-10(17)7-12(24-25(5,6)16(2,3)4)8-11(20)9-13-18-14(15(21)22)19-23-13/h7,12H,8-9H2,1-6H3,(H,21,22)/b10-7+/t12-/m1/s1. The lowest BCUT2D eigenvalue weighted by atomic mass is 10.1. The molecule has 140 valence electrons. The second-order valence-electron chi connectivity index (χ2n) is 7.41. The first kappa shape index (κ1) is 21.7. The molecule has 1 aromatic heterocycles. The van der Waals surface area contributed by atoms with Crippen molar-refractivity contribution in [2.75, 3.05) is 0 Å². The van der Waals surface area contributed by atoms with Gasteiger partial charge >= 0.3 is 5.97 Å². The van der Waals surface area contributed by atoms with E-state index < -0.39 is 20.1 Å². The monoisotopic (exact) mass is 432 g/mol. The molecule has 0 aliphatic heterocycles. The Morgan fingerprint density at radius 3 is 2.44 bits per heavy atom. The molecule has 0 spiro atoms. The number of halogens is 1. The zero-order valence-electron chi connectivity index (χ0n) is 15.4. The summed E-state index contributed by atoms with van der Waals surface area (Å²) in [5.74, 6) is -1.91. The number of rotatable bonds is 8. The molecule has 0 amide bonds. The van der Waals surface area contributed by atoms with Gasteiger partial charge in [0.2, 0.25) is 5.89 Å². The number of aromatic nitrogens is 2. The zero-order valence-corrected chi connectivity index (χ0v) is 18.0. The average molecular weight is 433 g/mol. The third-order valence-corrected chi connectivity index (χ3v) is 8.87. The maximum atomic E-state index is 12.3. The summed E-state index contributed by atoms with van der Waals surface area (Å²) < 4.78 is 12.0. The van der Waals surface area contributed by atoms with Gasteiger partial charge in [0, 0.05) is 6.42 Å². The van der Waals surface area contributed by atoms with Gasteiger partial charge in [-0.15, -0.1) is 0 Å². The van der Waals surface area contributed by atoms with Crippen molar-refractivity contribution < 1.29 is 23.6 Å². The van der Waals surface area contributed by atoms with E-state index in [0.717, 1.165) is 4.48 Å². The van der Waals surface area contributed by atoms with Crippen LogP contribution in [0.2, 0.25) is 18.1 Å². The molecule has 0 aromatic carbocycles. The van der Waals surface area contributed by atoms with Gasteiger partial charge in [-0.25, -0.2) is 4.79 Å². The van der Waals surface area contributed by atoms with Gasteiger partial charge in [-0.3, -0.25) is 4.79 Å². The minimum absolute atomic E-state index is 0.00646. The fraction of sp³-hybridized carbons (Fsp3) is 0.625. The second kappa shape index (κ2) is 8.37. The third kappa shape index (κ3) is 6.83. The predicted molar refractivity (Wildman–Crippen MR) is 99.3 cm³/mol. The molecule has 0 saturated heterocycles. The molecule has 0 bridgehead atoms. The highest BCUT2D eigenvalue weighted by Crippen LogP contribution is 2.38. The van der Waals surface area contributed by atoms with Crippen LogP contribution < -0.4 is 0 Å². The normalized spacial score (nSPS) is 14.4. The van der Waals surface area contributed by atoms with Gasteiger partial charge in [0.05, 0.1) is 12.5 Å². The van der Waals surface area contributed by atoms with Gasteiger partial charge < -0.3 is 14.1 Å². The lowest BCUT2D eigenvalue weighted by Gasteiger charge is -2.38. The zero-order chi connectivity index (χ0) is 19.4. The molecule has 0 aliphatic rings. The second-order valence-corrected chi connectivity index (χ2v) is 13.4. The topological polar surface area (TPSA) is 103 Å². The molecule has 0 aliphatic carbocycles. The molecule has 25 heavy (non-hydrogen) atoms. The molecule has 0 unspecified atom stereocenters. The number of hydrogen-bond donors (Lipinski definition) is 1. The molecular weight excluding hydrogens is 408 g/mol. The Morgan fingerprint density at radius 2 is 2.00 bits per heavy atom. The Labute approximate surface area is 157 Å². The van der Waals surface area contributed by atoms with Crippen LogP contribution in [0, 0.1) is 0 Å². The lowest BCUT2D eigenvalue weighted by Crippen LogP contribution is -2.44. The van der Waals surface area contributed by atoms with E-state index in [9.17, 15) is 9.59 Å². The van der Waals surface area contributed by atoms with Crippen molar-refractivity contribution in [3.05, 3.63) is 22.3 Å². The number of carboxylic acid groups (broad SMARTS) is 1. The quantitative estimate of drug-likeness (QED) is 0.619. The van der Waals surface area contributed by atoms with Crippen LogP contribution in [0.1, 0.15) is 50.6 Å². The smallest absolute Gasteiger partial charge is 0.377 e. The highest BCUT2D eigenvalue weighted by Gasteiger charge is 2.39. The van der Waals surface area contributed by atoms with Crippen molar-refractivity contribution in [2.24, 2.45) is 0 Å². The van der Waals surface area contributed by atoms with Crippen LogP contribution in [0.5, 0.6) is 0 Å². The molecule has 7 nitrogen and oxygen atoms in total. The number of allylic oxidation sites excluding steroid dienone is 1. The van der Waals surface area contributed by atoms with Crippen LogP contribution >= 0.6 is 15.9 Å². The van der Waals surface area contributed by atoms with Crippen molar-refractivity contribution in [2.45, 2.75) is 64.8 Å². The van der Waals surface area contributed by atoms with Gasteiger partial charge in [0.25, 0.3) is 5.82 Å². The van der Waals surface area contributed by atoms with E-state index in [1.807, 2.05) is 13.0 Å². The fourth-order valence-corrected chi connectivity index (χ4v) is 3.38. The summed E-state index contributed by atoms with van der Waals surface area (Å²) in [6.45, 7) is 12.5. The van der Waals surface area contributed by atoms with E-state index in [2.05, 4.69) is 59.9 Å². The van der Waals surface area contributed by atoms with E-state index >= 15 is 0 Å². The van der Waals surface area contributed by atoms with Crippen LogP contribution in [0.4, 0.5) is 0 Å². The van der Waals surface area contributed by atoms with Gasteiger partial charge in [0.15, 0.2) is 8.32 Å². The number of Topliss-reactive ketones (excluding diaryl/α,β-unsaturated/α-hetero) is 1. The van der Waals surface area contributed by atoms with Crippen LogP contribution in [0.3, 0.4) is 0 Å². The SMILES string of the molecule is C/C(Br)=C\[C@H](CC(=O)Cc1nc(C(=O)O)no1)O[Si](C)(C)C(C)(C)C. The minimum Gasteiger partial charge on any atom is -0.475 e. The van der Waals surface area contributed by atoms with E-state index in [1.165, 1.54) is 0 Å². The summed E-state index contributed by atoms with van der Waals surface area (Å²) in [7, 11) is -2.05.